The summed E-state index contributed by atoms with van der Waals surface area (Å²) in [5.41, 5.74) is 2.17. The molecule has 0 aromatic heterocycles. The van der Waals surface area contributed by atoms with Crippen LogP contribution in [0.25, 0.3) is 0 Å². The summed E-state index contributed by atoms with van der Waals surface area (Å²) in [6, 6.07) is 13.3. The zero-order valence-corrected chi connectivity index (χ0v) is 21.5. The van der Waals surface area contributed by atoms with Gasteiger partial charge in [-0.3, -0.25) is 4.79 Å². The largest absolute Gasteiger partial charge is 0.490 e. The molecule has 2 aromatic carbocycles. The van der Waals surface area contributed by atoms with E-state index < -0.39 is 0 Å². The molecule has 0 saturated heterocycles. The number of amides is 1. The Kier molecular flexibility index (Phi) is 9.61. The van der Waals surface area contributed by atoms with Crippen molar-refractivity contribution in [1.82, 2.24) is 10.6 Å². The van der Waals surface area contributed by atoms with E-state index in [1.54, 1.807) is 0 Å². The molecule has 7 nitrogen and oxygen atoms in total. The number of guanidine groups is 1. The van der Waals surface area contributed by atoms with E-state index in [2.05, 4.69) is 20.9 Å². The van der Waals surface area contributed by atoms with Crippen LogP contribution in [0.3, 0.4) is 0 Å². The Morgan fingerprint density at radius 1 is 1.06 bits per heavy atom. The summed E-state index contributed by atoms with van der Waals surface area (Å²) in [5, 5.41) is 9.55. The van der Waals surface area contributed by atoms with E-state index in [4.69, 9.17) is 9.47 Å². The summed E-state index contributed by atoms with van der Waals surface area (Å²) in [6.45, 7) is 10.4. The lowest BCUT2D eigenvalue weighted by molar-refractivity contribution is 0.0919. The molecule has 3 rings (SSSR count). The number of ether oxygens (including phenoxy) is 2. The van der Waals surface area contributed by atoms with Gasteiger partial charge >= 0.3 is 0 Å². The molecule has 0 aliphatic carbocycles. The Morgan fingerprint density at radius 3 is 2.53 bits per heavy atom. The number of fused-ring (bicyclic) bond motifs is 1. The molecular weight excluding hydrogens is 519 g/mol. The average Bonchev–Trinajstić information content (AvgIpc) is 2.96. The first-order valence-corrected chi connectivity index (χ1v) is 10.7. The average molecular weight is 552 g/mol. The van der Waals surface area contributed by atoms with Crippen LogP contribution in [0.2, 0.25) is 0 Å². The van der Waals surface area contributed by atoms with E-state index in [0.717, 1.165) is 35.7 Å². The van der Waals surface area contributed by atoms with Crippen LogP contribution < -0.4 is 25.4 Å². The smallest absolute Gasteiger partial charge is 0.251 e. The Labute approximate surface area is 207 Å². The Balaban J connectivity index is 0.00000363. The van der Waals surface area contributed by atoms with Gasteiger partial charge in [-0.15, -0.1) is 24.0 Å². The van der Waals surface area contributed by atoms with Crippen LogP contribution in [-0.2, 0) is 6.54 Å². The van der Waals surface area contributed by atoms with Gasteiger partial charge in [0.2, 0.25) is 0 Å². The molecule has 0 fully saturated rings. The van der Waals surface area contributed by atoms with Crippen molar-refractivity contribution in [2.75, 3.05) is 25.1 Å². The third-order valence-corrected chi connectivity index (χ3v) is 4.45. The summed E-state index contributed by atoms with van der Waals surface area (Å²) in [4.78, 5) is 17.1. The lowest BCUT2D eigenvalue weighted by Crippen LogP contribution is -2.40. The zero-order chi connectivity index (χ0) is 22.3. The molecule has 0 bridgehead atoms. The minimum Gasteiger partial charge on any atom is -0.490 e. The number of carbonyl (C=O) groups is 1. The van der Waals surface area contributed by atoms with Gasteiger partial charge in [0.1, 0.15) is 0 Å². The van der Waals surface area contributed by atoms with Crippen LogP contribution >= 0.6 is 24.0 Å². The molecule has 2 aromatic rings. The predicted molar refractivity (Wildman–Crippen MR) is 140 cm³/mol. The van der Waals surface area contributed by atoms with E-state index in [-0.39, 0.29) is 35.4 Å². The number of halogens is 1. The highest BCUT2D eigenvalue weighted by atomic mass is 127. The predicted octanol–water partition coefficient (Wildman–Crippen LogP) is 4.57. The van der Waals surface area contributed by atoms with Gasteiger partial charge in [-0.25, -0.2) is 4.99 Å². The molecule has 0 saturated carbocycles. The Bertz CT molecular complexity index is 941. The number of carbonyl (C=O) groups excluding carboxylic acids is 1. The van der Waals surface area contributed by atoms with Gasteiger partial charge in [0.25, 0.3) is 5.91 Å². The lowest BCUT2D eigenvalue weighted by atomic mass is 10.1. The quantitative estimate of drug-likeness (QED) is 0.288. The van der Waals surface area contributed by atoms with Gasteiger partial charge in [-0.2, -0.15) is 0 Å². The summed E-state index contributed by atoms with van der Waals surface area (Å²) in [6.07, 6.45) is 0.869. The maximum atomic E-state index is 12.4. The molecule has 0 unspecified atom stereocenters. The topological polar surface area (TPSA) is 84.0 Å². The molecule has 32 heavy (non-hydrogen) atoms. The number of nitrogens with one attached hydrogen (secondary N) is 3. The van der Waals surface area contributed by atoms with Crippen LogP contribution in [0.15, 0.2) is 47.5 Å². The van der Waals surface area contributed by atoms with Crippen molar-refractivity contribution < 1.29 is 14.3 Å². The number of hydrogen-bond donors (Lipinski definition) is 3. The van der Waals surface area contributed by atoms with Gasteiger partial charge in [0.05, 0.1) is 19.8 Å². The van der Waals surface area contributed by atoms with E-state index >= 15 is 0 Å². The third kappa shape index (κ3) is 7.89. The number of anilines is 1. The molecule has 3 N–H and O–H groups in total. The summed E-state index contributed by atoms with van der Waals surface area (Å²) >= 11 is 0. The Morgan fingerprint density at radius 2 is 1.81 bits per heavy atom. The SMILES string of the molecule is CCNC(=NCc1cccc(C(=O)NC(C)(C)C)c1)Nc1ccc2c(c1)OCCCO2.I. The number of hydrogen-bond acceptors (Lipinski definition) is 4. The highest BCUT2D eigenvalue weighted by Gasteiger charge is 2.15. The molecule has 1 aliphatic heterocycles. The molecule has 1 amide bonds. The maximum Gasteiger partial charge on any atom is 0.251 e. The number of nitrogens with zero attached hydrogens (tertiary/aromatic N) is 1. The second kappa shape index (κ2) is 11.9. The van der Waals surface area contributed by atoms with Crippen molar-refractivity contribution >= 4 is 41.5 Å². The molecule has 0 radical (unpaired) electrons. The monoisotopic (exact) mass is 552 g/mol. The van der Waals surface area contributed by atoms with Gasteiger partial charge in [-0.05, 0) is 57.5 Å². The lowest BCUT2D eigenvalue weighted by Gasteiger charge is -2.20. The van der Waals surface area contributed by atoms with Crippen molar-refractivity contribution in [2.45, 2.75) is 46.2 Å². The molecule has 0 atom stereocenters. The van der Waals surface area contributed by atoms with Crippen molar-refractivity contribution in [1.29, 1.82) is 0 Å². The number of rotatable bonds is 5. The number of aliphatic imine (C=N–C) groups is 1. The second-order valence-corrected chi connectivity index (χ2v) is 8.44. The van der Waals surface area contributed by atoms with Gasteiger partial charge in [0.15, 0.2) is 17.5 Å². The molecule has 1 heterocycles. The van der Waals surface area contributed by atoms with E-state index in [0.29, 0.717) is 31.3 Å². The standard InChI is InChI=1S/C24H32N4O3.HI/c1-5-25-23(27-19-10-11-20-21(15-19)31-13-7-12-30-20)26-16-17-8-6-9-18(14-17)22(29)28-24(2,3)4;/h6,8-11,14-15H,5,7,12-13,16H2,1-4H3,(H,28,29)(H2,25,26,27);1H. The first-order valence-electron chi connectivity index (χ1n) is 10.7. The van der Waals surface area contributed by atoms with Crippen LogP contribution in [0.5, 0.6) is 11.5 Å². The first kappa shape index (κ1) is 25.8. The van der Waals surface area contributed by atoms with Crippen molar-refractivity contribution in [3.05, 3.63) is 53.6 Å². The van der Waals surface area contributed by atoms with Gasteiger partial charge in [-0.1, -0.05) is 12.1 Å². The summed E-state index contributed by atoms with van der Waals surface area (Å²) < 4.78 is 11.5. The Hall–Kier alpha value is -2.49. The third-order valence-electron chi connectivity index (χ3n) is 4.45. The fourth-order valence-electron chi connectivity index (χ4n) is 3.08. The van der Waals surface area contributed by atoms with Crippen LogP contribution in [0.4, 0.5) is 5.69 Å². The van der Waals surface area contributed by atoms with Crippen LogP contribution in [0.1, 0.15) is 50.0 Å². The van der Waals surface area contributed by atoms with E-state index in [1.165, 1.54) is 0 Å². The van der Waals surface area contributed by atoms with Gasteiger partial charge < -0.3 is 25.4 Å². The fourth-order valence-corrected chi connectivity index (χ4v) is 3.08. The first-order chi connectivity index (χ1) is 14.8. The molecule has 0 spiro atoms. The fraction of sp³-hybridized carbons (Fsp3) is 0.417. The minimum absolute atomic E-state index is 0. The summed E-state index contributed by atoms with van der Waals surface area (Å²) in [7, 11) is 0. The molecule has 8 heteroatoms. The normalized spacial score (nSPS) is 13.4. The molecule has 1 aliphatic rings. The highest BCUT2D eigenvalue weighted by Crippen LogP contribution is 2.32. The van der Waals surface area contributed by atoms with Crippen molar-refractivity contribution in [3.8, 4) is 11.5 Å². The summed E-state index contributed by atoms with van der Waals surface area (Å²) in [5.74, 6) is 2.06. The molecular formula is C24H33IN4O3. The second-order valence-electron chi connectivity index (χ2n) is 8.44. The van der Waals surface area contributed by atoms with Crippen molar-refractivity contribution in [3.63, 3.8) is 0 Å². The maximum absolute atomic E-state index is 12.4. The zero-order valence-electron chi connectivity index (χ0n) is 19.2. The molecule has 174 valence electrons. The minimum atomic E-state index is -0.282. The van der Waals surface area contributed by atoms with Crippen LogP contribution in [-0.4, -0.2) is 37.2 Å². The highest BCUT2D eigenvalue weighted by molar-refractivity contribution is 14.0. The van der Waals surface area contributed by atoms with E-state index in [9.17, 15) is 4.79 Å². The van der Waals surface area contributed by atoms with Crippen molar-refractivity contribution in [2.24, 2.45) is 4.99 Å². The van der Waals surface area contributed by atoms with Gasteiger partial charge in [0, 0.05) is 35.8 Å². The van der Waals surface area contributed by atoms with E-state index in [1.807, 2.05) is 70.2 Å². The van der Waals surface area contributed by atoms with Crippen LogP contribution in [0, 0.1) is 0 Å². The number of benzene rings is 2.